The molecule has 4 aliphatic carbocycles. The van der Waals surface area contributed by atoms with Gasteiger partial charge in [0.25, 0.3) is 0 Å². The van der Waals surface area contributed by atoms with Crippen LogP contribution in [-0.2, 0) is 12.6 Å². The largest absolute Gasteiger partial charge is 0.389 e. The van der Waals surface area contributed by atoms with Gasteiger partial charge in [-0.3, -0.25) is 9.13 Å². The minimum absolute atomic E-state index is 0.0355. The quantitative estimate of drug-likeness (QED) is 0.489. The maximum atomic E-state index is 13.5. The molecule has 4 saturated carbocycles. The number of imidazole rings is 1. The van der Waals surface area contributed by atoms with Gasteiger partial charge in [-0.05, 0) is 74.6 Å². The van der Waals surface area contributed by atoms with Gasteiger partial charge in [0.05, 0.1) is 29.1 Å². The van der Waals surface area contributed by atoms with E-state index < -0.39 is 5.60 Å². The van der Waals surface area contributed by atoms with E-state index in [2.05, 4.69) is 20.5 Å². The van der Waals surface area contributed by atoms with E-state index in [0.29, 0.717) is 23.4 Å². The van der Waals surface area contributed by atoms with E-state index >= 15 is 0 Å². The van der Waals surface area contributed by atoms with Gasteiger partial charge in [0.2, 0.25) is 5.95 Å². The van der Waals surface area contributed by atoms with Gasteiger partial charge in [-0.15, -0.1) is 0 Å². The van der Waals surface area contributed by atoms with Crippen LogP contribution in [0.1, 0.15) is 37.7 Å². The van der Waals surface area contributed by atoms with E-state index in [4.69, 9.17) is 4.98 Å². The number of aliphatic hydroxyl groups is 1. The van der Waals surface area contributed by atoms with Crippen LogP contribution in [0.4, 0.5) is 11.6 Å². The fraction of sp³-hybridized carbons (Fsp3) is 0.480. The number of aryl methyl sites for hydroxylation is 2. The molecule has 4 aromatic rings. The number of anilines is 2. The zero-order chi connectivity index (χ0) is 23.0. The Hall–Kier alpha value is -3.33. The molecule has 9 nitrogen and oxygen atoms in total. The molecule has 172 valence electrons. The Morgan fingerprint density at radius 1 is 1.18 bits per heavy atom. The van der Waals surface area contributed by atoms with Gasteiger partial charge < -0.3 is 10.4 Å². The number of fused-ring (bicyclic) bond motifs is 3. The van der Waals surface area contributed by atoms with Crippen molar-refractivity contribution in [3.8, 4) is 0 Å². The highest BCUT2D eigenvalue weighted by Gasteiger charge is 2.84. The van der Waals surface area contributed by atoms with Crippen molar-refractivity contribution in [3.05, 3.63) is 46.6 Å². The second-order valence-electron chi connectivity index (χ2n) is 11.1. The second kappa shape index (κ2) is 5.66. The maximum absolute atomic E-state index is 13.5. The monoisotopic (exact) mass is 455 g/mol. The van der Waals surface area contributed by atoms with Crippen LogP contribution in [0.3, 0.4) is 0 Å². The van der Waals surface area contributed by atoms with Crippen LogP contribution in [-0.4, -0.2) is 40.0 Å². The predicted molar refractivity (Wildman–Crippen MR) is 126 cm³/mol. The Morgan fingerprint density at radius 2 is 1.97 bits per heavy atom. The molecule has 9 heteroatoms. The van der Waals surface area contributed by atoms with Crippen molar-refractivity contribution in [1.82, 2.24) is 29.3 Å². The smallest absolute Gasteiger partial charge is 0.330 e. The number of aromatic nitrogens is 6. The van der Waals surface area contributed by atoms with Crippen molar-refractivity contribution in [2.75, 3.05) is 5.32 Å². The van der Waals surface area contributed by atoms with Gasteiger partial charge in [0.1, 0.15) is 5.52 Å². The van der Waals surface area contributed by atoms with Crippen LogP contribution in [0.15, 0.2) is 35.4 Å². The molecule has 2 unspecified atom stereocenters. The summed E-state index contributed by atoms with van der Waals surface area (Å²) in [4.78, 5) is 22.9. The van der Waals surface area contributed by atoms with Crippen molar-refractivity contribution < 1.29 is 5.11 Å². The topological polar surface area (TPSA) is 111 Å². The van der Waals surface area contributed by atoms with Crippen LogP contribution in [0.5, 0.6) is 0 Å². The SMILES string of the molecule is Cc1cc2nnccc2cc1Nc1ncc2c(n1)n(C13CC4CC5(O)CC(C1)C45C3)c(=O)n2C. The van der Waals surface area contributed by atoms with E-state index in [1.54, 1.807) is 24.0 Å². The highest BCUT2D eigenvalue weighted by atomic mass is 16.3. The third kappa shape index (κ3) is 1.97. The Balaban J connectivity index is 1.25. The Labute approximate surface area is 194 Å². The van der Waals surface area contributed by atoms with Crippen molar-refractivity contribution in [3.63, 3.8) is 0 Å². The van der Waals surface area contributed by atoms with Crippen molar-refractivity contribution >= 4 is 33.7 Å². The van der Waals surface area contributed by atoms with Crippen LogP contribution in [0.2, 0.25) is 0 Å². The minimum Gasteiger partial charge on any atom is -0.389 e. The molecule has 1 spiro atoms. The lowest BCUT2D eigenvalue weighted by Crippen LogP contribution is -2.73. The summed E-state index contributed by atoms with van der Waals surface area (Å²) in [7, 11) is 1.80. The van der Waals surface area contributed by atoms with Gasteiger partial charge in [-0.25, -0.2) is 9.78 Å². The first-order valence-electron chi connectivity index (χ1n) is 12.0. The first-order valence-corrected chi connectivity index (χ1v) is 12.0. The molecule has 0 amide bonds. The zero-order valence-electron chi connectivity index (χ0n) is 19.1. The maximum Gasteiger partial charge on any atom is 0.330 e. The number of rotatable bonds is 3. The van der Waals surface area contributed by atoms with Gasteiger partial charge in [-0.1, -0.05) is 0 Å². The molecule has 0 aliphatic heterocycles. The molecule has 3 aromatic heterocycles. The van der Waals surface area contributed by atoms with E-state index in [1.807, 2.05) is 29.7 Å². The number of benzene rings is 1. The molecule has 4 aliphatic rings. The molecule has 3 heterocycles. The molecule has 34 heavy (non-hydrogen) atoms. The van der Waals surface area contributed by atoms with Crippen LogP contribution < -0.4 is 11.0 Å². The van der Waals surface area contributed by atoms with E-state index in [9.17, 15) is 9.90 Å². The molecule has 2 N–H and O–H groups in total. The van der Waals surface area contributed by atoms with Crippen LogP contribution in [0.25, 0.3) is 22.1 Å². The highest BCUT2D eigenvalue weighted by Crippen LogP contribution is 2.85. The van der Waals surface area contributed by atoms with Crippen molar-refractivity contribution in [1.29, 1.82) is 0 Å². The summed E-state index contributed by atoms with van der Waals surface area (Å²) in [6.45, 7) is 2.01. The summed E-state index contributed by atoms with van der Waals surface area (Å²) < 4.78 is 3.61. The number of nitrogens with zero attached hydrogens (tertiary/aromatic N) is 6. The second-order valence-corrected chi connectivity index (χ2v) is 11.1. The fourth-order valence-electron chi connectivity index (χ4n) is 8.38. The first kappa shape index (κ1) is 19.0. The average Bonchev–Trinajstić information content (AvgIpc) is 3.38. The van der Waals surface area contributed by atoms with Crippen molar-refractivity contribution in [2.24, 2.45) is 24.3 Å². The highest BCUT2D eigenvalue weighted by molar-refractivity contribution is 5.84. The fourth-order valence-corrected chi connectivity index (χ4v) is 8.38. The van der Waals surface area contributed by atoms with Gasteiger partial charge in [0, 0.05) is 23.5 Å². The molecule has 0 radical (unpaired) electrons. The van der Waals surface area contributed by atoms with Crippen LogP contribution >= 0.6 is 0 Å². The average molecular weight is 456 g/mol. The molecule has 1 aromatic carbocycles. The van der Waals surface area contributed by atoms with Gasteiger partial charge >= 0.3 is 5.69 Å². The summed E-state index contributed by atoms with van der Waals surface area (Å²) in [5, 5.41) is 23.5. The number of hydrogen-bond donors (Lipinski definition) is 2. The summed E-state index contributed by atoms with van der Waals surface area (Å²) in [5.74, 6) is 1.51. The third-order valence-corrected chi connectivity index (χ3v) is 9.75. The lowest BCUT2D eigenvalue weighted by Gasteiger charge is -2.71. The standard InChI is InChI=1S/C25H25N7O2/c1-13-5-18-14(3-4-27-30-18)6-17(13)28-21-26-11-19-20(29-21)32(22(33)31(19)2)23-7-15-9-24(34)10-16(8-23)25(15,24)12-23/h3-6,11,15-16,34H,7-10,12H2,1-2H3,(H,26,28,29). The van der Waals surface area contributed by atoms with Gasteiger partial charge in [0.15, 0.2) is 5.65 Å². The number of hydrogen-bond acceptors (Lipinski definition) is 7. The Morgan fingerprint density at radius 3 is 2.71 bits per heavy atom. The van der Waals surface area contributed by atoms with E-state index in [-0.39, 0.29) is 16.6 Å². The molecule has 8 rings (SSSR count). The van der Waals surface area contributed by atoms with Crippen molar-refractivity contribution in [2.45, 2.75) is 50.2 Å². The summed E-state index contributed by atoms with van der Waals surface area (Å²) in [6.07, 6.45) is 8.00. The molecule has 0 saturated heterocycles. The Bertz CT molecular complexity index is 1600. The molecular weight excluding hydrogens is 430 g/mol. The summed E-state index contributed by atoms with van der Waals surface area (Å²) in [6, 6.07) is 5.94. The third-order valence-electron chi connectivity index (χ3n) is 9.75. The van der Waals surface area contributed by atoms with E-state index in [0.717, 1.165) is 59.8 Å². The number of nitrogens with one attached hydrogen (secondary N) is 1. The summed E-state index contributed by atoms with van der Waals surface area (Å²) in [5.41, 5.74) is 3.41. The normalized spacial score (nSPS) is 34.8. The molecule has 2 bridgehead atoms. The van der Waals surface area contributed by atoms with E-state index in [1.165, 1.54) is 0 Å². The first-order chi connectivity index (χ1) is 16.3. The summed E-state index contributed by atoms with van der Waals surface area (Å²) >= 11 is 0. The Kier molecular flexibility index (Phi) is 3.16. The minimum atomic E-state index is -0.492. The molecular formula is C25H25N7O2. The van der Waals surface area contributed by atoms with Gasteiger partial charge in [-0.2, -0.15) is 15.2 Å². The molecule has 2 atom stereocenters. The lowest BCUT2D eigenvalue weighted by molar-refractivity contribution is -0.305. The lowest BCUT2D eigenvalue weighted by atomic mass is 9.36. The van der Waals surface area contributed by atoms with Crippen LogP contribution in [0, 0.1) is 24.2 Å². The zero-order valence-corrected chi connectivity index (χ0v) is 19.1. The molecule has 4 fully saturated rings. The predicted octanol–water partition coefficient (Wildman–Crippen LogP) is 2.78.